The second-order valence-electron chi connectivity index (χ2n) is 8.11. The fourth-order valence-corrected chi connectivity index (χ4v) is 5.79. The molecule has 5 heteroatoms. The molecule has 138 valence electrons. The Morgan fingerprint density at radius 1 is 1.04 bits per heavy atom. The number of hydrogen-bond donors (Lipinski definition) is 0. The number of anilines is 1. The monoisotopic (exact) mass is 368 g/mol. The number of nitrogens with zero attached hydrogens (tertiary/aromatic N) is 4. The number of pyridine rings is 1. The van der Waals surface area contributed by atoms with Gasteiger partial charge in [0.05, 0.1) is 10.7 Å². The molecule has 1 aliphatic carbocycles. The molecule has 1 unspecified atom stereocenters. The Labute approximate surface area is 160 Å². The van der Waals surface area contributed by atoms with Gasteiger partial charge < -0.3 is 4.90 Å². The Morgan fingerprint density at radius 3 is 2.73 bits per heavy atom. The van der Waals surface area contributed by atoms with Crippen molar-refractivity contribution >= 4 is 17.2 Å². The van der Waals surface area contributed by atoms with Crippen LogP contribution < -0.4 is 4.90 Å². The average Bonchev–Trinajstić information content (AvgIpc) is 3.19. The lowest BCUT2D eigenvalue weighted by Gasteiger charge is -2.36. The van der Waals surface area contributed by atoms with Gasteiger partial charge in [-0.3, -0.25) is 4.90 Å². The second-order valence-corrected chi connectivity index (χ2v) is 9.23. The average molecular weight is 369 g/mol. The highest BCUT2D eigenvalue weighted by atomic mass is 32.1. The van der Waals surface area contributed by atoms with E-state index in [1.54, 1.807) is 4.88 Å². The predicted molar refractivity (Wildman–Crippen MR) is 107 cm³/mol. The third-order valence-corrected chi connectivity index (χ3v) is 7.70. The van der Waals surface area contributed by atoms with Crippen LogP contribution in [0.2, 0.25) is 0 Å². The summed E-state index contributed by atoms with van der Waals surface area (Å²) >= 11 is 2.00. The molecule has 0 amide bonds. The number of rotatable bonds is 3. The molecule has 1 atom stereocenters. The lowest BCUT2D eigenvalue weighted by atomic mass is 9.91. The van der Waals surface area contributed by atoms with Crippen LogP contribution in [0.25, 0.3) is 0 Å². The Balaban J connectivity index is 1.26. The molecule has 2 aromatic heterocycles. The normalized spacial score (nSPS) is 24.3. The number of aryl methyl sites for hydroxylation is 1. The molecule has 2 aliphatic heterocycles. The maximum Gasteiger partial charge on any atom is 0.128 e. The molecule has 0 bridgehead atoms. The third-order valence-electron chi connectivity index (χ3n) is 6.38. The lowest BCUT2D eigenvalue weighted by Crippen LogP contribution is -2.41. The summed E-state index contributed by atoms with van der Waals surface area (Å²) in [5, 5.41) is 1.38. The van der Waals surface area contributed by atoms with Gasteiger partial charge in [-0.05, 0) is 44.7 Å². The van der Waals surface area contributed by atoms with E-state index in [0.29, 0.717) is 5.92 Å². The largest absolute Gasteiger partial charge is 0.356 e. The van der Waals surface area contributed by atoms with Crippen molar-refractivity contribution in [2.45, 2.75) is 57.4 Å². The van der Waals surface area contributed by atoms with Crippen LogP contribution in [0.15, 0.2) is 18.2 Å². The van der Waals surface area contributed by atoms with Gasteiger partial charge >= 0.3 is 0 Å². The van der Waals surface area contributed by atoms with Gasteiger partial charge in [0.25, 0.3) is 0 Å². The minimum absolute atomic E-state index is 0.581. The fourth-order valence-electron chi connectivity index (χ4n) is 4.57. The van der Waals surface area contributed by atoms with Crippen LogP contribution in [0.5, 0.6) is 0 Å². The summed E-state index contributed by atoms with van der Waals surface area (Å²) in [5.41, 5.74) is 2.50. The van der Waals surface area contributed by atoms with Crippen LogP contribution >= 0.6 is 11.3 Å². The second kappa shape index (κ2) is 6.93. The van der Waals surface area contributed by atoms with Crippen molar-refractivity contribution in [1.82, 2.24) is 14.9 Å². The van der Waals surface area contributed by atoms with Crippen LogP contribution in [0.1, 0.15) is 52.9 Å². The van der Waals surface area contributed by atoms with Gasteiger partial charge in [-0.25, -0.2) is 9.97 Å². The molecule has 5 rings (SSSR count). The van der Waals surface area contributed by atoms with E-state index in [0.717, 1.165) is 37.1 Å². The predicted octanol–water partition coefficient (Wildman–Crippen LogP) is 3.79. The van der Waals surface area contributed by atoms with Gasteiger partial charge in [-0.2, -0.15) is 0 Å². The van der Waals surface area contributed by atoms with E-state index in [9.17, 15) is 0 Å². The van der Waals surface area contributed by atoms with Crippen molar-refractivity contribution < 1.29 is 0 Å². The highest BCUT2D eigenvalue weighted by Crippen LogP contribution is 2.35. The molecule has 0 aromatic carbocycles. The molecular weight excluding hydrogens is 340 g/mol. The Morgan fingerprint density at radius 2 is 1.92 bits per heavy atom. The van der Waals surface area contributed by atoms with Gasteiger partial charge in [0.1, 0.15) is 5.82 Å². The van der Waals surface area contributed by atoms with Gasteiger partial charge in [-0.15, -0.1) is 11.3 Å². The molecule has 2 aromatic rings. The molecule has 3 aliphatic rings. The van der Waals surface area contributed by atoms with Crippen molar-refractivity contribution in [3.8, 4) is 0 Å². The summed E-state index contributed by atoms with van der Waals surface area (Å²) in [5.74, 6) is 1.71. The highest BCUT2D eigenvalue weighted by Gasteiger charge is 2.31. The number of hydrogen-bond acceptors (Lipinski definition) is 5. The summed E-state index contributed by atoms with van der Waals surface area (Å²) in [4.78, 5) is 16.5. The first-order chi connectivity index (χ1) is 12.8. The van der Waals surface area contributed by atoms with Gasteiger partial charge in [0, 0.05) is 55.1 Å². The van der Waals surface area contributed by atoms with Crippen molar-refractivity contribution in [2.75, 3.05) is 31.1 Å². The molecule has 0 spiro atoms. The zero-order chi connectivity index (χ0) is 17.5. The molecule has 0 N–H and O–H groups in total. The number of aromatic nitrogens is 2. The molecule has 4 heterocycles. The summed E-state index contributed by atoms with van der Waals surface area (Å²) in [7, 11) is 0. The lowest BCUT2D eigenvalue weighted by molar-refractivity contribution is 0.133. The number of thiazole rings is 1. The molecule has 0 radical (unpaired) electrons. The van der Waals surface area contributed by atoms with Crippen LogP contribution in [-0.4, -0.2) is 47.1 Å². The van der Waals surface area contributed by atoms with Crippen LogP contribution in [0.4, 0.5) is 5.82 Å². The van der Waals surface area contributed by atoms with Crippen molar-refractivity contribution in [2.24, 2.45) is 0 Å². The summed E-state index contributed by atoms with van der Waals surface area (Å²) in [6.07, 6.45) is 7.82. The first-order valence-electron chi connectivity index (χ1n) is 10.2. The van der Waals surface area contributed by atoms with Crippen molar-refractivity contribution in [3.05, 3.63) is 39.5 Å². The topological polar surface area (TPSA) is 32.3 Å². The van der Waals surface area contributed by atoms with Crippen molar-refractivity contribution in [3.63, 3.8) is 0 Å². The molecule has 1 saturated heterocycles. The zero-order valence-electron chi connectivity index (χ0n) is 15.7. The Kier molecular flexibility index (Phi) is 4.45. The smallest absolute Gasteiger partial charge is 0.128 e. The molecule has 1 saturated carbocycles. The maximum atomic E-state index is 5.12. The van der Waals surface area contributed by atoms with E-state index in [-0.39, 0.29) is 0 Å². The standard InChI is InChI=1S/C21H28N4S/c1-15-4-2-7-20(22-15)25-11-8-16(14-25)21-23-18-9-12-24(17-5-3-6-17)13-10-19(18)26-21/h2,4,7,16-17H,3,5-6,8-14H2,1H3. The third kappa shape index (κ3) is 3.16. The van der Waals surface area contributed by atoms with Gasteiger partial charge in [0.2, 0.25) is 0 Å². The highest BCUT2D eigenvalue weighted by molar-refractivity contribution is 7.11. The summed E-state index contributed by atoms with van der Waals surface area (Å²) < 4.78 is 0. The van der Waals surface area contributed by atoms with Crippen LogP contribution in [0.3, 0.4) is 0 Å². The van der Waals surface area contributed by atoms with Gasteiger partial charge in [-0.1, -0.05) is 12.5 Å². The maximum absolute atomic E-state index is 5.12. The van der Waals surface area contributed by atoms with E-state index in [1.807, 2.05) is 11.3 Å². The molecular formula is C21H28N4S. The van der Waals surface area contributed by atoms with Crippen LogP contribution in [0, 0.1) is 6.92 Å². The van der Waals surface area contributed by atoms with E-state index in [1.165, 1.54) is 55.9 Å². The molecule has 26 heavy (non-hydrogen) atoms. The van der Waals surface area contributed by atoms with E-state index < -0.39 is 0 Å². The molecule has 4 nitrogen and oxygen atoms in total. The fraction of sp³-hybridized carbons (Fsp3) is 0.619. The Bertz CT molecular complexity index is 757. The Hall–Kier alpha value is -1.46. The van der Waals surface area contributed by atoms with E-state index in [2.05, 4.69) is 34.9 Å². The van der Waals surface area contributed by atoms with E-state index >= 15 is 0 Å². The van der Waals surface area contributed by atoms with Crippen molar-refractivity contribution in [1.29, 1.82) is 0 Å². The molecule has 2 fully saturated rings. The SMILES string of the molecule is Cc1cccc(N2CCC(c3nc4c(s3)CCN(C3CCC3)CC4)C2)n1. The number of fused-ring (bicyclic) bond motifs is 1. The first-order valence-corrected chi connectivity index (χ1v) is 11.0. The summed E-state index contributed by atoms with van der Waals surface area (Å²) in [6.45, 7) is 6.69. The summed E-state index contributed by atoms with van der Waals surface area (Å²) in [6, 6.07) is 7.20. The zero-order valence-corrected chi connectivity index (χ0v) is 16.5. The van der Waals surface area contributed by atoms with Crippen LogP contribution in [-0.2, 0) is 12.8 Å². The first kappa shape index (κ1) is 16.7. The minimum atomic E-state index is 0.581. The minimum Gasteiger partial charge on any atom is -0.356 e. The van der Waals surface area contributed by atoms with E-state index in [4.69, 9.17) is 9.97 Å². The quantitative estimate of drug-likeness (QED) is 0.825. The van der Waals surface area contributed by atoms with Gasteiger partial charge in [0.15, 0.2) is 0 Å².